The average Bonchev–Trinajstić information content (AvgIpc) is 2.64. The molecule has 19 heavy (non-hydrogen) atoms. The Bertz CT molecular complexity index is 500. The van der Waals surface area contributed by atoms with Gasteiger partial charge >= 0.3 is 0 Å². The zero-order valence-corrected chi connectivity index (χ0v) is 12.1. The molecule has 0 spiro atoms. The highest BCUT2D eigenvalue weighted by atomic mass is 16.1. The van der Waals surface area contributed by atoms with Crippen LogP contribution >= 0.6 is 0 Å². The number of nitrogens with one attached hydrogen (secondary N) is 1. The van der Waals surface area contributed by atoms with Crippen LogP contribution in [0.1, 0.15) is 53.8 Å². The number of aromatic nitrogens is 2. The lowest BCUT2D eigenvalue weighted by atomic mass is 9.97. The lowest BCUT2D eigenvalue weighted by Gasteiger charge is -2.13. The fraction of sp³-hybridized carbons (Fsp3) is 0.600. The SMILES string of the molecule is Cc1nn(C)c(C)c1C(=O)NCCC1=CCCCC1. The van der Waals surface area contributed by atoms with E-state index in [0.29, 0.717) is 0 Å². The number of aryl methyl sites for hydroxylation is 2. The van der Waals surface area contributed by atoms with E-state index in [1.54, 1.807) is 4.68 Å². The molecule has 0 saturated heterocycles. The fourth-order valence-electron chi connectivity index (χ4n) is 2.66. The first-order chi connectivity index (χ1) is 9.09. The Labute approximate surface area is 114 Å². The molecule has 1 aliphatic rings. The monoisotopic (exact) mass is 261 g/mol. The van der Waals surface area contributed by atoms with Crippen molar-refractivity contribution in [3.8, 4) is 0 Å². The number of carbonyl (C=O) groups excluding carboxylic acids is 1. The van der Waals surface area contributed by atoms with Crippen LogP contribution in [0.5, 0.6) is 0 Å². The molecule has 2 rings (SSSR count). The van der Waals surface area contributed by atoms with Crippen LogP contribution in [0.15, 0.2) is 11.6 Å². The molecule has 1 aliphatic carbocycles. The van der Waals surface area contributed by atoms with Crippen molar-refractivity contribution in [1.82, 2.24) is 15.1 Å². The summed E-state index contributed by atoms with van der Waals surface area (Å²) in [5.74, 6) is -0.000454. The third-order valence-corrected chi connectivity index (χ3v) is 3.85. The van der Waals surface area contributed by atoms with E-state index in [1.165, 1.54) is 31.3 Å². The Kier molecular flexibility index (Phi) is 4.40. The molecule has 0 unspecified atom stereocenters. The van der Waals surface area contributed by atoms with Gasteiger partial charge in [-0.1, -0.05) is 11.6 Å². The van der Waals surface area contributed by atoms with Gasteiger partial charge in [0.25, 0.3) is 5.91 Å². The summed E-state index contributed by atoms with van der Waals surface area (Å²) in [5.41, 5.74) is 3.94. The highest BCUT2D eigenvalue weighted by Crippen LogP contribution is 2.19. The van der Waals surface area contributed by atoms with E-state index in [9.17, 15) is 4.79 Å². The number of amides is 1. The molecule has 1 aromatic rings. The molecule has 0 atom stereocenters. The summed E-state index contributed by atoms with van der Waals surface area (Å²) in [7, 11) is 1.87. The molecule has 4 nitrogen and oxygen atoms in total. The predicted molar refractivity (Wildman–Crippen MR) is 76.2 cm³/mol. The summed E-state index contributed by atoms with van der Waals surface area (Å²) in [5, 5.41) is 7.28. The van der Waals surface area contributed by atoms with Gasteiger partial charge in [0.2, 0.25) is 0 Å². The minimum absolute atomic E-state index is 0.000454. The van der Waals surface area contributed by atoms with E-state index in [4.69, 9.17) is 0 Å². The second-order valence-electron chi connectivity index (χ2n) is 5.28. The Morgan fingerprint density at radius 3 is 2.79 bits per heavy atom. The van der Waals surface area contributed by atoms with Crippen LogP contribution in [0.25, 0.3) is 0 Å². The zero-order chi connectivity index (χ0) is 13.8. The van der Waals surface area contributed by atoms with Gasteiger partial charge in [0.1, 0.15) is 0 Å². The molecule has 0 saturated carbocycles. The smallest absolute Gasteiger partial charge is 0.255 e. The van der Waals surface area contributed by atoms with E-state index < -0.39 is 0 Å². The second kappa shape index (κ2) is 6.04. The third-order valence-electron chi connectivity index (χ3n) is 3.85. The lowest BCUT2D eigenvalue weighted by Crippen LogP contribution is -2.26. The maximum Gasteiger partial charge on any atom is 0.255 e. The van der Waals surface area contributed by atoms with Gasteiger partial charge in [-0.2, -0.15) is 5.10 Å². The Morgan fingerprint density at radius 1 is 1.42 bits per heavy atom. The van der Waals surface area contributed by atoms with Crippen LogP contribution < -0.4 is 5.32 Å². The predicted octanol–water partition coefficient (Wildman–Crippen LogP) is 2.66. The van der Waals surface area contributed by atoms with Crippen molar-refractivity contribution in [2.45, 2.75) is 46.0 Å². The highest BCUT2D eigenvalue weighted by molar-refractivity contribution is 5.96. The van der Waals surface area contributed by atoms with Gasteiger partial charge in [0.05, 0.1) is 11.3 Å². The first kappa shape index (κ1) is 13.8. The maximum atomic E-state index is 12.2. The van der Waals surface area contributed by atoms with Crippen molar-refractivity contribution in [3.63, 3.8) is 0 Å². The number of nitrogens with zero attached hydrogens (tertiary/aromatic N) is 2. The Morgan fingerprint density at radius 2 is 2.21 bits per heavy atom. The van der Waals surface area contributed by atoms with Gasteiger partial charge in [0.15, 0.2) is 0 Å². The molecule has 0 fully saturated rings. The van der Waals surface area contributed by atoms with E-state index in [0.717, 1.165) is 29.9 Å². The molecule has 104 valence electrons. The van der Waals surface area contributed by atoms with Gasteiger partial charge in [-0.15, -0.1) is 0 Å². The normalized spacial score (nSPS) is 15.2. The maximum absolute atomic E-state index is 12.2. The van der Waals surface area contributed by atoms with Crippen LogP contribution in [0, 0.1) is 13.8 Å². The largest absolute Gasteiger partial charge is 0.352 e. The summed E-state index contributed by atoms with van der Waals surface area (Å²) < 4.78 is 1.76. The summed E-state index contributed by atoms with van der Waals surface area (Å²) >= 11 is 0. The fourth-order valence-corrected chi connectivity index (χ4v) is 2.66. The number of hydrogen-bond acceptors (Lipinski definition) is 2. The van der Waals surface area contributed by atoms with Crippen LogP contribution in [-0.2, 0) is 7.05 Å². The molecule has 1 aromatic heterocycles. The van der Waals surface area contributed by atoms with Gasteiger partial charge in [-0.05, 0) is 46.0 Å². The van der Waals surface area contributed by atoms with Gasteiger partial charge in [0, 0.05) is 19.3 Å². The summed E-state index contributed by atoms with van der Waals surface area (Å²) in [6.45, 7) is 4.53. The molecular formula is C15H23N3O. The van der Waals surface area contributed by atoms with E-state index in [2.05, 4.69) is 16.5 Å². The molecule has 1 N–H and O–H groups in total. The number of rotatable bonds is 4. The summed E-state index contributed by atoms with van der Waals surface area (Å²) in [4.78, 5) is 12.2. The molecular weight excluding hydrogens is 238 g/mol. The van der Waals surface area contributed by atoms with Crippen molar-refractivity contribution in [3.05, 3.63) is 28.6 Å². The quantitative estimate of drug-likeness (QED) is 0.847. The Hall–Kier alpha value is -1.58. The van der Waals surface area contributed by atoms with Gasteiger partial charge in [-0.25, -0.2) is 0 Å². The minimum atomic E-state index is -0.000454. The van der Waals surface area contributed by atoms with Crippen molar-refractivity contribution < 1.29 is 4.79 Å². The molecule has 0 aromatic carbocycles. The number of hydrogen-bond donors (Lipinski definition) is 1. The standard InChI is InChI=1S/C15H23N3O/c1-11-14(12(2)18(3)17-11)15(19)16-10-9-13-7-5-4-6-8-13/h7H,4-6,8-10H2,1-3H3,(H,16,19). The van der Waals surface area contributed by atoms with Crippen molar-refractivity contribution >= 4 is 5.91 Å². The third kappa shape index (κ3) is 3.25. The molecule has 1 amide bonds. The molecule has 0 bridgehead atoms. The average molecular weight is 261 g/mol. The molecule has 1 heterocycles. The van der Waals surface area contributed by atoms with Crippen molar-refractivity contribution in [2.75, 3.05) is 6.54 Å². The second-order valence-corrected chi connectivity index (χ2v) is 5.28. The van der Waals surface area contributed by atoms with Crippen LogP contribution in [0.2, 0.25) is 0 Å². The molecule has 4 heteroatoms. The number of carbonyl (C=O) groups is 1. The van der Waals surface area contributed by atoms with Crippen LogP contribution in [0.4, 0.5) is 0 Å². The summed E-state index contributed by atoms with van der Waals surface area (Å²) in [6, 6.07) is 0. The van der Waals surface area contributed by atoms with Gasteiger partial charge < -0.3 is 5.32 Å². The highest BCUT2D eigenvalue weighted by Gasteiger charge is 2.16. The topological polar surface area (TPSA) is 46.9 Å². The number of allylic oxidation sites excluding steroid dienone is 1. The Balaban J connectivity index is 1.89. The molecule has 0 aliphatic heterocycles. The van der Waals surface area contributed by atoms with Gasteiger partial charge in [-0.3, -0.25) is 9.48 Å². The zero-order valence-electron chi connectivity index (χ0n) is 12.1. The van der Waals surface area contributed by atoms with Crippen molar-refractivity contribution in [2.24, 2.45) is 7.05 Å². The van der Waals surface area contributed by atoms with E-state index >= 15 is 0 Å². The molecule has 0 radical (unpaired) electrons. The van der Waals surface area contributed by atoms with Crippen molar-refractivity contribution in [1.29, 1.82) is 0 Å². The first-order valence-corrected chi connectivity index (χ1v) is 7.06. The summed E-state index contributed by atoms with van der Waals surface area (Å²) in [6.07, 6.45) is 8.30. The minimum Gasteiger partial charge on any atom is -0.352 e. The first-order valence-electron chi connectivity index (χ1n) is 7.06. The van der Waals surface area contributed by atoms with E-state index in [1.807, 2.05) is 20.9 Å². The van der Waals surface area contributed by atoms with Crippen LogP contribution in [0.3, 0.4) is 0 Å². The van der Waals surface area contributed by atoms with E-state index in [-0.39, 0.29) is 5.91 Å². The lowest BCUT2D eigenvalue weighted by molar-refractivity contribution is 0.0952. The van der Waals surface area contributed by atoms with Crippen LogP contribution in [-0.4, -0.2) is 22.2 Å².